The largest absolute Gasteiger partial charge is 0.389 e. The number of likely N-dealkylation sites (N-methyl/N-ethyl adjacent to an activating group) is 2. The molecular weight excluding hydrogens is 600 g/mol. The maximum Gasteiger partial charge on any atom is 0.186 e. The van der Waals surface area contributed by atoms with Crippen LogP contribution < -0.4 is 10.6 Å². The van der Waals surface area contributed by atoms with Crippen molar-refractivity contribution < 1.29 is 9.63 Å². The van der Waals surface area contributed by atoms with E-state index >= 15 is 0 Å². The average Bonchev–Trinajstić information content (AvgIpc) is 3.79. The van der Waals surface area contributed by atoms with E-state index in [9.17, 15) is 15.6 Å². The summed E-state index contributed by atoms with van der Waals surface area (Å²) in [6, 6.07) is 4.88. The number of hydrogen-bond acceptors (Lipinski definition) is 12. The minimum Gasteiger partial charge on any atom is -0.389 e. The Bertz CT molecular complexity index is 1920. The zero-order chi connectivity index (χ0) is 32.5. The summed E-state index contributed by atoms with van der Waals surface area (Å²) < 4.78 is 8.16. The summed E-state index contributed by atoms with van der Waals surface area (Å²) >= 11 is 1.52. The second-order valence-corrected chi connectivity index (χ2v) is 15.1. The molecule has 0 saturated carbocycles. The molecule has 46 heavy (non-hydrogen) atoms. The van der Waals surface area contributed by atoms with Crippen molar-refractivity contribution >= 4 is 33.2 Å². The van der Waals surface area contributed by atoms with E-state index in [1.165, 1.54) is 11.3 Å². The van der Waals surface area contributed by atoms with Gasteiger partial charge >= 0.3 is 0 Å². The number of aliphatic hydroxyl groups is 1. The number of aryl methyl sites for hydroxylation is 1. The van der Waals surface area contributed by atoms with Gasteiger partial charge in [-0.3, -0.25) is 0 Å². The highest BCUT2D eigenvalue weighted by atomic mass is 32.1. The lowest BCUT2D eigenvalue weighted by molar-refractivity contribution is 0.0885. The number of nitriles is 2. The molecule has 4 aromatic rings. The Morgan fingerprint density at radius 2 is 1.96 bits per heavy atom. The van der Waals surface area contributed by atoms with Gasteiger partial charge in [0.15, 0.2) is 28.6 Å². The molecule has 0 aromatic carbocycles. The lowest BCUT2D eigenvalue weighted by Gasteiger charge is -2.39. The smallest absolute Gasteiger partial charge is 0.186 e. The summed E-state index contributed by atoms with van der Waals surface area (Å²) in [5.41, 5.74) is 8.79. The number of rotatable bonds is 6. The van der Waals surface area contributed by atoms with Crippen LogP contribution in [0.3, 0.4) is 0 Å². The number of nitrogens with two attached hydrogens (primary N) is 1. The predicted octanol–water partition coefficient (Wildman–Crippen LogP) is 4.69. The molecular formula is C33H40N10O2S. The summed E-state index contributed by atoms with van der Waals surface area (Å²) in [5.74, 6) is 1.69. The molecule has 3 N–H and O–H groups in total. The second kappa shape index (κ2) is 11.0. The maximum absolute atomic E-state index is 10.8. The molecule has 1 saturated heterocycles. The molecule has 1 aliphatic heterocycles. The molecule has 5 heterocycles. The van der Waals surface area contributed by atoms with Crippen LogP contribution in [0.4, 0.5) is 10.8 Å². The number of nitrogen functional groups attached to an aromatic ring is 1. The van der Waals surface area contributed by atoms with Crippen LogP contribution in [-0.2, 0) is 18.3 Å². The maximum atomic E-state index is 10.8. The Morgan fingerprint density at radius 3 is 2.63 bits per heavy atom. The summed E-state index contributed by atoms with van der Waals surface area (Å²) in [6.07, 6.45) is 7.38. The molecule has 13 heteroatoms. The molecule has 3 unspecified atom stereocenters. The number of hydrogen-bond donors (Lipinski definition) is 2. The fraction of sp³-hybridized carbons (Fsp3) is 0.576. The first-order valence-electron chi connectivity index (χ1n) is 16.1. The van der Waals surface area contributed by atoms with E-state index in [0.717, 1.165) is 79.7 Å². The molecule has 3 aliphatic rings. The fourth-order valence-corrected chi connectivity index (χ4v) is 9.51. The number of thiophene rings is 1. The fourth-order valence-electron chi connectivity index (χ4n) is 8.35. The van der Waals surface area contributed by atoms with E-state index in [1.807, 2.05) is 16.6 Å². The highest BCUT2D eigenvalue weighted by Crippen LogP contribution is 2.55. The van der Waals surface area contributed by atoms with Gasteiger partial charge in [0, 0.05) is 30.1 Å². The van der Waals surface area contributed by atoms with Gasteiger partial charge in [0.25, 0.3) is 0 Å². The lowest BCUT2D eigenvalue weighted by Crippen LogP contribution is -2.37. The third-order valence-electron chi connectivity index (χ3n) is 10.2. The molecule has 1 fully saturated rings. The van der Waals surface area contributed by atoms with Crippen molar-refractivity contribution in [3.63, 3.8) is 0 Å². The molecule has 0 bridgehead atoms. The van der Waals surface area contributed by atoms with Crippen LogP contribution >= 0.6 is 11.3 Å². The summed E-state index contributed by atoms with van der Waals surface area (Å²) in [5, 5.41) is 41.7. The van der Waals surface area contributed by atoms with Crippen LogP contribution in [0.1, 0.15) is 98.4 Å². The molecule has 240 valence electrons. The van der Waals surface area contributed by atoms with E-state index in [1.54, 1.807) is 13.8 Å². The molecule has 2 aliphatic carbocycles. The third kappa shape index (κ3) is 4.67. The van der Waals surface area contributed by atoms with Gasteiger partial charge in [0.1, 0.15) is 23.0 Å². The Balaban J connectivity index is 1.44. The first-order chi connectivity index (χ1) is 22.0. The Kier molecular flexibility index (Phi) is 7.35. The lowest BCUT2D eigenvalue weighted by atomic mass is 9.63. The van der Waals surface area contributed by atoms with E-state index in [4.69, 9.17) is 25.3 Å². The SMILES string of the molecule is CC(C1CCCN1C)n1nc(C#N)c2c(N(C)CC(C)(C)O)nc(-c3noc4c3CCCC43CCCc4sc(N)c(C#N)c43)nc21. The number of nitrogens with zero attached hydrogens (tertiary/aromatic N) is 9. The van der Waals surface area contributed by atoms with Gasteiger partial charge in [0.2, 0.25) is 0 Å². The standard InChI is InChI=1S/C33H40N10O2S/c1-18(22-10-8-14-41(22)4)43-31-24(21(16-35)39-43)30(42(5)17-32(2,3)44)37-29(38-31)26-19-9-6-12-33(27(19)45-40-26)13-7-11-23-25(33)20(15-34)28(36)46-23/h18,22,44H,6-14,17,36H2,1-5H3. The average molecular weight is 641 g/mol. The first-order valence-corrected chi connectivity index (χ1v) is 16.9. The molecule has 4 aromatic heterocycles. The van der Waals surface area contributed by atoms with Crippen molar-refractivity contribution in [2.24, 2.45) is 0 Å². The molecule has 12 nitrogen and oxygen atoms in total. The van der Waals surface area contributed by atoms with E-state index in [0.29, 0.717) is 38.9 Å². The zero-order valence-electron chi connectivity index (χ0n) is 27.1. The quantitative estimate of drug-likeness (QED) is 0.300. The molecule has 0 radical (unpaired) electrons. The summed E-state index contributed by atoms with van der Waals surface area (Å²) in [4.78, 5) is 15.5. The van der Waals surface area contributed by atoms with Gasteiger partial charge in [0.05, 0.1) is 28.0 Å². The topological polar surface area (TPSA) is 170 Å². The summed E-state index contributed by atoms with van der Waals surface area (Å²) in [7, 11) is 3.98. The van der Waals surface area contributed by atoms with Gasteiger partial charge in [-0.1, -0.05) is 5.16 Å². The zero-order valence-corrected chi connectivity index (χ0v) is 27.9. The number of anilines is 2. The Hall–Kier alpha value is -4.04. The highest BCUT2D eigenvalue weighted by molar-refractivity contribution is 7.16. The van der Waals surface area contributed by atoms with Crippen LogP contribution in [0, 0.1) is 22.7 Å². The van der Waals surface area contributed by atoms with E-state index in [-0.39, 0.29) is 24.3 Å². The number of aromatic nitrogens is 5. The first kappa shape index (κ1) is 30.6. The Morgan fingerprint density at radius 1 is 1.20 bits per heavy atom. The molecule has 3 atom stereocenters. The van der Waals surface area contributed by atoms with Gasteiger partial charge in [-0.05, 0) is 91.3 Å². The minimum atomic E-state index is -1.02. The van der Waals surface area contributed by atoms with E-state index < -0.39 is 11.0 Å². The van der Waals surface area contributed by atoms with Crippen molar-refractivity contribution in [3.05, 3.63) is 33.0 Å². The van der Waals surface area contributed by atoms with Crippen molar-refractivity contribution in [1.82, 2.24) is 29.8 Å². The number of likely N-dealkylation sites (tertiary alicyclic amines) is 1. The van der Waals surface area contributed by atoms with Gasteiger partial charge in [-0.15, -0.1) is 11.3 Å². The predicted molar refractivity (Wildman–Crippen MR) is 176 cm³/mol. The van der Waals surface area contributed by atoms with Crippen molar-refractivity contribution in [2.45, 2.75) is 95.2 Å². The van der Waals surface area contributed by atoms with Crippen LogP contribution in [-0.4, -0.2) is 73.7 Å². The van der Waals surface area contributed by atoms with Gasteiger partial charge in [-0.2, -0.15) is 15.6 Å². The van der Waals surface area contributed by atoms with E-state index in [2.05, 4.69) is 36.2 Å². The van der Waals surface area contributed by atoms with Crippen molar-refractivity contribution in [3.8, 4) is 23.7 Å². The highest BCUT2D eigenvalue weighted by Gasteiger charge is 2.49. The van der Waals surface area contributed by atoms with Crippen molar-refractivity contribution in [2.75, 3.05) is 37.8 Å². The van der Waals surface area contributed by atoms with Crippen LogP contribution in [0.5, 0.6) is 0 Å². The molecule has 1 spiro atoms. The molecule has 7 rings (SSSR count). The van der Waals surface area contributed by atoms with Crippen LogP contribution in [0.2, 0.25) is 0 Å². The van der Waals surface area contributed by atoms with Gasteiger partial charge < -0.3 is 25.2 Å². The molecule has 0 amide bonds. The summed E-state index contributed by atoms with van der Waals surface area (Å²) in [6.45, 7) is 6.90. The third-order valence-corrected chi connectivity index (χ3v) is 11.3. The number of fused-ring (bicyclic) bond motifs is 5. The second-order valence-electron chi connectivity index (χ2n) is 14.0. The minimum absolute atomic E-state index is 0.0455. The normalized spacial score (nSPS) is 22.0. The van der Waals surface area contributed by atoms with Crippen LogP contribution in [0.15, 0.2) is 4.52 Å². The van der Waals surface area contributed by atoms with Gasteiger partial charge in [-0.25, -0.2) is 14.6 Å². The van der Waals surface area contributed by atoms with Crippen LogP contribution in [0.25, 0.3) is 22.6 Å². The Labute approximate surface area is 272 Å². The van der Waals surface area contributed by atoms with Crippen molar-refractivity contribution in [1.29, 1.82) is 10.5 Å². The monoisotopic (exact) mass is 640 g/mol.